The van der Waals surface area contributed by atoms with Crippen LogP contribution in [0.2, 0.25) is 0 Å². The zero-order valence-electron chi connectivity index (χ0n) is 15.3. The van der Waals surface area contributed by atoms with E-state index in [4.69, 9.17) is 0 Å². The summed E-state index contributed by atoms with van der Waals surface area (Å²) in [5.74, 6) is -1.35. The van der Waals surface area contributed by atoms with Gasteiger partial charge in [-0.2, -0.15) is 0 Å². The fourth-order valence-corrected chi connectivity index (χ4v) is 5.14. The maximum absolute atomic E-state index is 13.5. The van der Waals surface area contributed by atoms with Gasteiger partial charge >= 0.3 is 0 Å². The van der Waals surface area contributed by atoms with Crippen molar-refractivity contribution in [2.45, 2.75) is 12.3 Å². The Morgan fingerprint density at radius 2 is 1.29 bits per heavy atom. The molecule has 0 radical (unpaired) electrons. The predicted octanol–water partition coefficient (Wildman–Crippen LogP) is 4.32. The molecular weight excluding hydrogens is 353 g/mol. The largest absolute Gasteiger partial charge is 0.274 e. The van der Waals surface area contributed by atoms with Gasteiger partial charge in [-0.3, -0.25) is 9.59 Å². The van der Waals surface area contributed by atoms with Gasteiger partial charge in [-0.25, -0.2) is 9.29 Å². The first-order valence-corrected chi connectivity index (χ1v) is 9.28. The summed E-state index contributed by atoms with van der Waals surface area (Å²) in [6.45, 7) is 1.88. The molecule has 5 rings (SSSR count). The van der Waals surface area contributed by atoms with Crippen molar-refractivity contribution < 1.29 is 14.0 Å². The van der Waals surface area contributed by atoms with E-state index in [-0.39, 0.29) is 11.8 Å². The third-order valence-corrected chi connectivity index (χ3v) is 6.40. The topological polar surface area (TPSA) is 37.4 Å². The third kappa shape index (κ3) is 1.87. The molecule has 1 saturated heterocycles. The number of carbonyl (C=O) groups is 2. The van der Waals surface area contributed by atoms with Crippen molar-refractivity contribution in [2.75, 3.05) is 4.90 Å². The van der Waals surface area contributed by atoms with Gasteiger partial charge < -0.3 is 0 Å². The molecule has 0 spiro atoms. The molecule has 1 aliphatic carbocycles. The number of fused-ring (bicyclic) bond motifs is 1. The van der Waals surface area contributed by atoms with Crippen molar-refractivity contribution in [3.8, 4) is 0 Å². The Labute approximate surface area is 162 Å². The van der Waals surface area contributed by atoms with Crippen LogP contribution in [0.1, 0.15) is 18.1 Å². The Morgan fingerprint density at radius 1 is 0.786 bits per heavy atom. The molecule has 3 aromatic rings. The van der Waals surface area contributed by atoms with Gasteiger partial charge in [-0.05, 0) is 42.3 Å². The Morgan fingerprint density at radius 3 is 1.71 bits per heavy atom. The van der Waals surface area contributed by atoms with Crippen molar-refractivity contribution in [3.05, 3.63) is 102 Å². The lowest BCUT2D eigenvalue weighted by Gasteiger charge is -2.29. The molecule has 0 N–H and O–H groups in total. The Kier molecular flexibility index (Phi) is 3.38. The highest BCUT2D eigenvalue weighted by molar-refractivity contribution is 6.29. The first kappa shape index (κ1) is 16.9. The minimum atomic E-state index is -0.874. The van der Waals surface area contributed by atoms with E-state index >= 15 is 0 Å². The highest BCUT2D eigenvalue weighted by atomic mass is 19.1. The fourth-order valence-electron chi connectivity index (χ4n) is 5.14. The van der Waals surface area contributed by atoms with Crippen LogP contribution in [0.5, 0.6) is 0 Å². The van der Waals surface area contributed by atoms with E-state index in [1.165, 1.54) is 29.2 Å². The Balaban J connectivity index is 1.67. The van der Waals surface area contributed by atoms with E-state index in [1.54, 1.807) is 0 Å². The van der Waals surface area contributed by atoms with Crippen LogP contribution in [0, 0.1) is 17.2 Å². The monoisotopic (exact) mass is 371 g/mol. The summed E-state index contributed by atoms with van der Waals surface area (Å²) in [6, 6.07) is 25.0. The zero-order valence-corrected chi connectivity index (χ0v) is 15.3. The smallest absolute Gasteiger partial charge is 0.241 e. The molecule has 2 atom stereocenters. The van der Waals surface area contributed by atoms with Crippen molar-refractivity contribution in [2.24, 2.45) is 11.3 Å². The summed E-state index contributed by atoms with van der Waals surface area (Å²) < 4.78 is 13.3. The van der Waals surface area contributed by atoms with E-state index < -0.39 is 22.6 Å². The lowest BCUT2D eigenvalue weighted by molar-refractivity contribution is -0.125. The predicted molar refractivity (Wildman–Crippen MR) is 104 cm³/mol. The minimum Gasteiger partial charge on any atom is -0.274 e. The number of halogens is 1. The number of hydrogen-bond donors (Lipinski definition) is 0. The number of hydrogen-bond acceptors (Lipinski definition) is 2. The summed E-state index contributed by atoms with van der Waals surface area (Å²) in [4.78, 5) is 28.2. The third-order valence-electron chi connectivity index (χ3n) is 6.40. The summed E-state index contributed by atoms with van der Waals surface area (Å²) in [5.41, 5.74) is 0.796. The molecule has 138 valence electrons. The van der Waals surface area contributed by atoms with Gasteiger partial charge in [0.25, 0.3) is 0 Å². The number of benzene rings is 3. The number of piperidine rings is 1. The van der Waals surface area contributed by atoms with E-state index in [9.17, 15) is 14.0 Å². The van der Waals surface area contributed by atoms with Gasteiger partial charge in [0.15, 0.2) is 0 Å². The first-order chi connectivity index (χ1) is 13.5. The molecule has 0 bridgehead atoms. The van der Waals surface area contributed by atoms with Crippen LogP contribution >= 0.6 is 0 Å². The van der Waals surface area contributed by atoms with Gasteiger partial charge in [-0.15, -0.1) is 0 Å². The number of rotatable bonds is 3. The van der Waals surface area contributed by atoms with Crippen LogP contribution in [0.15, 0.2) is 84.9 Å². The standard InChI is InChI=1S/C24H18FNO2/c1-23-20(21(27)26(22(23)28)19-14-12-18(25)13-15-19)24(23,16-8-4-2-5-9-16)17-10-6-3-7-11-17/h2-15,20H,1H3. The number of imide groups is 1. The van der Waals surface area contributed by atoms with Crippen molar-refractivity contribution in [1.82, 2.24) is 0 Å². The molecular formula is C24H18FNO2. The molecule has 2 amide bonds. The molecule has 2 aliphatic rings. The van der Waals surface area contributed by atoms with E-state index in [0.717, 1.165) is 11.1 Å². The maximum atomic E-state index is 13.5. The second-order valence-electron chi connectivity index (χ2n) is 7.63. The number of anilines is 1. The molecule has 2 fully saturated rings. The minimum absolute atomic E-state index is 0.230. The molecule has 1 saturated carbocycles. The molecule has 28 heavy (non-hydrogen) atoms. The first-order valence-electron chi connectivity index (χ1n) is 9.28. The zero-order chi connectivity index (χ0) is 19.5. The second kappa shape index (κ2) is 5.61. The maximum Gasteiger partial charge on any atom is 0.241 e. The number of nitrogens with zero attached hydrogens (tertiary/aromatic N) is 1. The molecule has 1 heterocycles. The van der Waals surface area contributed by atoms with Crippen LogP contribution in [-0.2, 0) is 15.0 Å². The lowest BCUT2D eigenvalue weighted by atomic mass is 9.79. The second-order valence-corrected chi connectivity index (χ2v) is 7.63. The number of amides is 2. The molecule has 3 aromatic carbocycles. The molecule has 3 nitrogen and oxygen atoms in total. The van der Waals surface area contributed by atoms with Gasteiger partial charge in [0.1, 0.15) is 5.82 Å². The molecule has 2 unspecified atom stereocenters. The van der Waals surface area contributed by atoms with Gasteiger partial charge in [0, 0.05) is 5.41 Å². The van der Waals surface area contributed by atoms with Crippen LogP contribution in [0.25, 0.3) is 0 Å². The fraction of sp³-hybridized carbons (Fsp3) is 0.167. The SMILES string of the molecule is CC12C(=O)N(c3ccc(F)cc3)C(=O)C1C2(c1ccccc1)c1ccccc1. The Bertz CT molecular complexity index is 1040. The number of carbonyl (C=O) groups excluding carboxylic acids is 2. The normalized spacial score (nSPS) is 24.9. The summed E-state index contributed by atoms with van der Waals surface area (Å²) in [5, 5.41) is 0. The van der Waals surface area contributed by atoms with Crippen molar-refractivity contribution in [3.63, 3.8) is 0 Å². The molecule has 0 aromatic heterocycles. The summed E-state index contributed by atoms with van der Waals surface area (Å²) >= 11 is 0. The summed E-state index contributed by atoms with van der Waals surface area (Å²) in [6.07, 6.45) is 0. The van der Waals surface area contributed by atoms with Gasteiger partial charge in [0.2, 0.25) is 11.8 Å². The van der Waals surface area contributed by atoms with Crippen molar-refractivity contribution in [1.29, 1.82) is 0 Å². The average molecular weight is 371 g/mol. The van der Waals surface area contributed by atoms with Crippen molar-refractivity contribution >= 4 is 17.5 Å². The van der Waals surface area contributed by atoms with Crippen LogP contribution in [-0.4, -0.2) is 11.8 Å². The average Bonchev–Trinajstić information content (AvgIpc) is 3.26. The quantitative estimate of drug-likeness (QED) is 0.643. The lowest BCUT2D eigenvalue weighted by Crippen LogP contribution is -2.42. The highest BCUT2D eigenvalue weighted by Crippen LogP contribution is 2.76. The van der Waals surface area contributed by atoms with E-state index in [2.05, 4.69) is 0 Å². The molecule has 4 heteroatoms. The van der Waals surface area contributed by atoms with Gasteiger partial charge in [-0.1, -0.05) is 60.7 Å². The summed E-state index contributed by atoms with van der Waals surface area (Å²) in [7, 11) is 0. The van der Waals surface area contributed by atoms with Crippen LogP contribution in [0.3, 0.4) is 0 Å². The van der Waals surface area contributed by atoms with Gasteiger partial charge in [0.05, 0.1) is 17.0 Å². The Hall–Kier alpha value is -3.27. The van der Waals surface area contributed by atoms with E-state index in [1.807, 2.05) is 67.6 Å². The van der Waals surface area contributed by atoms with Crippen LogP contribution < -0.4 is 4.90 Å². The van der Waals surface area contributed by atoms with Crippen LogP contribution in [0.4, 0.5) is 10.1 Å². The molecule has 1 aliphatic heterocycles. The highest BCUT2D eigenvalue weighted by Gasteiger charge is 2.86. The van der Waals surface area contributed by atoms with E-state index in [0.29, 0.717) is 5.69 Å².